The van der Waals surface area contributed by atoms with Gasteiger partial charge >= 0.3 is 0 Å². The average Bonchev–Trinajstić information content (AvgIpc) is 2.10. The van der Waals surface area contributed by atoms with Gasteiger partial charge in [0.05, 0.1) is 0 Å². The van der Waals surface area contributed by atoms with Crippen molar-refractivity contribution in [2.24, 2.45) is 0 Å². The molecule has 1 heteroatoms. The second-order valence-electron chi connectivity index (χ2n) is 1.65. The van der Waals surface area contributed by atoms with Gasteiger partial charge in [-0.15, -0.1) is 6.58 Å². The van der Waals surface area contributed by atoms with E-state index in [4.69, 9.17) is 0 Å². The quantitative estimate of drug-likeness (QED) is 0.573. The third-order valence-electron chi connectivity index (χ3n) is 0.781. The number of hydrogen-bond acceptors (Lipinski definition) is 1. The van der Waals surface area contributed by atoms with Crippen molar-refractivity contribution < 1.29 is 4.74 Å². The zero-order valence-electron chi connectivity index (χ0n) is 8.81. The first-order valence-corrected chi connectivity index (χ1v) is 4.43. The minimum Gasteiger partial charge on any atom is -0.385 e. The Labute approximate surface area is 72.5 Å². The Hall–Kier alpha value is -0.300. The highest BCUT2D eigenvalue weighted by molar-refractivity contribution is 4.63. The van der Waals surface area contributed by atoms with Crippen LogP contribution in [-0.4, -0.2) is 13.7 Å². The number of allylic oxidation sites excluding steroid dienone is 1. The molecule has 0 N–H and O–H groups in total. The average molecular weight is 160 g/mol. The molecule has 0 bridgehead atoms. The van der Waals surface area contributed by atoms with Crippen LogP contribution < -0.4 is 0 Å². The summed E-state index contributed by atoms with van der Waals surface area (Å²) in [6.45, 7) is 12.5. The van der Waals surface area contributed by atoms with Crippen LogP contribution in [0.2, 0.25) is 0 Å². The van der Waals surface area contributed by atoms with Crippen LogP contribution in [0.1, 0.15) is 40.5 Å². The Balaban J connectivity index is -0.0000000965. The van der Waals surface area contributed by atoms with E-state index in [0.717, 1.165) is 13.0 Å². The molecule has 1 nitrogen and oxygen atoms in total. The molecule has 0 fully saturated rings. The molecular formula is C10H24O. The van der Waals surface area contributed by atoms with Crippen LogP contribution in [0.15, 0.2) is 12.7 Å². The van der Waals surface area contributed by atoms with E-state index in [1.165, 1.54) is 6.42 Å². The zero-order chi connectivity index (χ0) is 9.54. The van der Waals surface area contributed by atoms with E-state index < -0.39 is 0 Å². The van der Waals surface area contributed by atoms with Crippen molar-refractivity contribution in [2.75, 3.05) is 13.7 Å². The van der Waals surface area contributed by atoms with Gasteiger partial charge in [0.25, 0.3) is 0 Å². The van der Waals surface area contributed by atoms with Gasteiger partial charge in [-0.25, -0.2) is 0 Å². The van der Waals surface area contributed by atoms with Gasteiger partial charge in [-0.3, -0.25) is 0 Å². The highest BCUT2D eigenvalue weighted by Crippen LogP contribution is 1.82. The summed E-state index contributed by atoms with van der Waals surface area (Å²) >= 11 is 0. The first kappa shape index (κ1) is 17.0. The van der Waals surface area contributed by atoms with E-state index in [1.807, 2.05) is 26.8 Å². The van der Waals surface area contributed by atoms with Gasteiger partial charge in [0.2, 0.25) is 0 Å². The lowest BCUT2D eigenvalue weighted by Gasteiger charge is -1.76. The predicted molar refractivity (Wildman–Crippen MR) is 54.0 cm³/mol. The predicted octanol–water partition coefficient (Wildman–Crippen LogP) is 3.65. The van der Waals surface area contributed by atoms with Gasteiger partial charge in [-0.2, -0.15) is 0 Å². The molecule has 0 unspecified atom stereocenters. The maximum Gasteiger partial charge on any atom is 0.0433 e. The van der Waals surface area contributed by atoms with E-state index >= 15 is 0 Å². The second-order valence-corrected chi connectivity index (χ2v) is 1.65. The van der Waals surface area contributed by atoms with E-state index in [0.29, 0.717) is 0 Å². The topological polar surface area (TPSA) is 9.23 Å². The molecule has 0 aromatic heterocycles. The third-order valence-corrected chi connectivity index (χ3v) is 0.781. The van der Waals surface area contributed by atoms with E-state index in [9.17, 15) is 0 Å². The van der Waals surface area contributed by atoms with Gasteiger partial charge in [0, 0.05) is 13.7 Å². The maximum absolute atomic E-state index is 4.54. The fraction of sp³-hybridized carbons (Fsp3) is 0.800. The molecule has 0 aliphatic carbocycles. The molecule has 11 heavy (non-hydrogen) atoms. The molecule has 0 spiro atoms. The van der Waals surface area contributed by atoms with Gasteiger partial charge in [-0.1, -0.05) is 33.3 Å². The summed E-state index contributed by atoms with van der Waals surface area (Å²) in [7, 11) is 1.68. The number of unbranched alkanes of at least 4 members (excludes halogenated alkanes) is 1. The van der Waals surface area contributed by atoms with Crippen molar-refractivity contribution in [1.82, 2.24) is 0 Å². The van der Waals surface area contributed by atoms with Gasteiger partial charge in [0.15, 0.2) is 0 Å². The SMILES string of the molecule is C=CCCC.CC.CCOC. The minimum atomic E-state index is 0.819. The summed E-state index contributed by atoms with van der Waals surface area (Å²) < 4.78 is 4.54. The molecule has 70 valence electrons. The van der Waals surface area contributed by atoms with Crippen LogP contribution in [0.4, 0.5) is 0 Å². The van der Waals surface area contributed by atoms with Crippen LogP contribution in [0.3, 0.4) is 0 Å². The largest absolute Gasteiger partial charge is 0.385 e. The fourth-order valence-corrected chi connectivity index (χ4v) is 0.204. The molecule has 0 aromatic carbocycles. The Bertz CT molecular complexity index is 40.1. The molecule has 0 heterocycles. The Morgan fingerprint density at radius 1 is 1.27 bits per heavy atom. The molecular weight excluding hydrogens is 136 g/mol. The minimum absolute atomic E-state index is 0.819. The standard InChI is InChI=1S/C5H10.C3H8O.C2H6/c1-3-5-4-2;1-3-4-2;1-2/h3H,1,4-5H2,2H3;3H2,1-2H3;1-2H3. The Kier molecular flexibility index (Phi) is 51.3. The molecule has 0 saturated heterocycles. The lowest BCUT2D eigenvalue weighted by Crippen LogP contribution is -1.73. The zero-order valence-corrected chi connectivity index (χ0v) is 8.81. The van der Waals surface area contributed by atoms with Crippen LogP contribution in [0, 0.1) is 0 Å². The molecule has 0 saturated carbocycles. The number of methoxy groups -OCH3 is 1. The molecule has 0 aliphatic heterocycles. The van der Waals surface area contributed by atoms with Crippen LogP contribution >= 0.6 is 0 Å². The van der Waals surface area contributed by atoms with Crippen molar-refractivity contribution in [3.63, 3.8) is 0 Å². The van der Waals surface area contributed by atoms with Crippen LogP contribution in [-0.2, 0) is 4.74 Å². The second kappa shape index (κ2) is 33.2. The molecule has 0 atom stereocenters. The number of rotatable bonds is 3. The lowest BCUT2D eigenvalue weighted by molar-refractivity contribution is 0.215. The van der Waals surface area contributed by atoms with Crippen molar-refractivity contribution in [1.29, 1.82) is 0 Å². The van der Waals surface area contributed by atoms with Gasteiger partial charge < -0.3 is 4.74 Å². The smallest absolute Gasteiger partial charge is 0.0433 e. The lowest BCUT2D eigenvalue weighted by atomic mass is 10.3. The fourth-order valence-electron chi connectivity index (χ4n) is 0.204. The van der Waals surface area contributed by atoms with E-state index in [1.54, 1.807) is 7.11 Å². The summed E-state index contributed by atoms with van der Waals surface area (Å²) in [5, 5.41) is 0. The number of ether oxygens (including phenoxy) is 1. The summed E-state index contributed by atoms with van der Waals surface area (Å²) in [6.07, 6.45) is 4.31. The summed E-state index contributed by atoms with van der Waals surface area (Å²) in [4.78, 5) is 0. The van der Waals surface area contributed by atoms with Crippen LogP contribution in [0.5, 0.6) is 0 Å². The highest BCUT2D eigenvalue weighted by atomic mass is 16.5. The molecule has 0 aliphatic rings. The molecule has 0 aromatic rings. The van der Waals surface area contributed by atoms with Gasteiger partial charge in [-0.05, 0) is 13.3 Å². The van der Waals surface area contributed by atoms with Gasteiger partial charge in [0.1, 0.15) is 0 Å². The number of hydrogen-bond donors (Lipinski definition) is 0. The molecule has 0 radical (unpaired) electrons. The third kappa shape index (κ3) is 78.9. The van der Waals surface area contributed by atoms with Crippen molar-refractivity contribution in [3.05, 3.63) is 12.7 Å². The maximum atomic E-state index is 4.54. The normalized spacial score (nSPS) is 6.64. The first-order valence-electron chi connectivity index (χ1n) is 4.43. The van der Waals surface area contributed by atoms with Crippen molar-refractivity contribution in [3.8, 4) is 0 Å². The summed E-state index contributed by atoms with van der Waals surface area (Å²) in [5.74, 6) is 0. The van der Waals surface area contributed by atoms with E-state index in [-0.39, 0.29) is 0 Å². The monoisotopic (exact) mass is 160 g/mol. The Morgan fingerprint density at radius 2 is 1.64 bits per heavy atom. The van der Waals surface area contributed by atoms with Crippen molar-refractivity contribution >= 4 is 0 Å². The first-order chi connectivity index (χ1) is 5.33. The Morgan fingerprint density at radius 3 is 1.64 bits per heavy atom. The summed E-state index contributed by atoms with van der Waals surface area (Å²) in [6, 6.07) is 0. The molecule has 0 amide bonds. The van der Waals surface area contributed by atoms with Crippen molar-refractivity contribution in [2.45, 2.75) is 40.5 Å². The summed E-state index contributed by atoms with van der Waals surface area (Å²) in [5.41, 5.74) is 0. The van der Waals surface area contributed by atoms with E-state index in [2.05, 4.69) is 18.2 Å². The van der Waals surface area contributed by atoms with Crippen LogP contribution in [0.25, 0.3) is 0 Å². The molecule has 0 rings (SSSR count). The highest BCUT2D eigenvalue weighted by Gasteiger charge is 1.61.